The molecule has 2 atom stereocenters. The van der Waals surface area contributed by atoms with Crippen LogP contribution in [0.25, 0.3) is 0 Å². The summed E-state index contributed by atoms with van der Waals surface area (Å²) in [5, 5.41) is 0. The first-order valence-corrected chi connectivity index (χ1v) is 7.90. The van der Waals surface area contributed by atoms with Crippen LogP contribution in [0.4, 0.5) is 0 Å². The van der Waals surface area contributed by atoms with E-state index in [1.165, 1.54) is 0 Å². The Morgan fingerprint density at radius 3 is 1.10 bits per heavy atom. The average Bonchev–Trinajstić information content (AvgIpc) is 2.59. The molecule has 1 rings (SSSR count). The first-order valence-electron chi connectivity index (χ1n) is 5.11. The van der Waals surface area contributed by atoms with Gasteiger partial charge in [-0.25, -0.2) is 0 Å². The van der Waals surface area contributed by atoms with Crippen LogP contribution in [0.15, 0.2) is 0 Å². The number of amides is 2. The van der Waals surface area contributed by atoms with Crippen LogP contribution in [0.2, 0.25) is 0 Å². The van der Waals surface area contributed by atoms with Crippen molar-refractivity contribution >= 4 is 32.6 Å². The van der Waals surface area contributed by atoms with E-state index in [2.05, 4.69) is 0 Å². The van der Waals surface area contributed by atoms with Crippen LogP contribution in [0, 0.1) is 11.8 Å². The van der Waals surface area contributed by atoms with Gasteiger partial charge in [0, 0.05) is 11.8 Å². The van der Waals surface area contributed by atoms with E-state index in [1.807, 2.05) is 0 Å². The number of hydrogen-bond acceptors (Lipinski definition) is 6. The zero-order chi connectivity index (χ0) is 17.4. The fourth-order valence-corrected chi connectivity index (χ4v) is 1.64. The number of carbonyl (C=O) groups is 2. The third-order valence-electron chi connectivity index (χ3n) is 2.25. The van der Waals surface area contributed by atoms with Crippen LogP contribution < -0.4 is 11.5 Å². The fraction of sp³-hybridized carbons (Fsp3) is 0.714. The Balaban J connectivity index is 0. The van der Waals surface area contributed by atoms with Crippen LogP contribution in [0.5, 0.6) is 0 Å². The predicted octanol–water partition coefficient (Wildman–Crippen LogP) is -1.93. The monoisotopic (exact) mass is 352 g/mol. The highest BCUT2D eigenvalue weighted by Gasteiger charge is 2.34. The van der Waals surface area contributed by atoms with Crippen LogP contribution in [-0.4, -0.2) is 46.9 Å². The zero-order valence-corrected chi connectivity index (χ0v) is 12.1. The van der Waals surface area contributed by atoms with Gasteiger partial charge in [0.05, 0.1) is 0 Å². The van der Waals surface area contributed by atoms with Gasteiger partial charge < -0.3 is 11.5 Å². The minimum Gasteiger partial charge on any atom is -0.369 e. The smallest absolute Gasteiger partial charge is 0.369 e. The Hall–Kier alpha value is -1.32. The van der Waals surface area contributed by atoms with Crippen molar-refractivity contribution in [2.75, 3.05) is 0 Å². The van der Waals surface area contributed by atoms with E-state index < -0.39 is 32.6 Å². The lowest BCUT2D eigenvalue weighted by molar-refractivity contribution is -0.130. The summed E-state index contributed by atoms with van der Waals surface area (Å²) >= 11 is 0. The second-order valence-corrected chi connectivity index (χ2v) is 5.64. The van der Waals surface area contributed by atoms with Gasteiger partial charge in [-0.05, 0) is 12.8 Å². The molecule has 12 nitrogen and oxygen atoms in total. The van der Waals surface area contributed by atoms with Crippen molar-refractivity contribution in [1.29, 1.82) is 0 Å². The molecule has 1 saturated carbocycles. The summed E-state index contributed by atoms with van der Waals surface area (Å²) in [7, 11) is -9.33. The average molecular weight is 352 g/mol. The molecule has 0 bridgehead atoms. The van der Waals surface area contributed by atoms with Gasteiger partial charge in [-0.15, -0.1) is 0 Å². The molecule has 0 aromatic rings. The number of nitrogens with two attached hydrogens (primary N) is 2. The molecule has 1 aliphatic carbocycles. The molecule has 1 aliphatic rings. The molecule has 0 radical (unpaired) electrons. The third kappa shape index (κ3) is 18.7. The van der Waals surface area contributed by atoms with Crippen LogP contribution in [0.3, 0.4) is 0 Å². The first kappa shape index (κ1) is 22.0. The topological polar surface area (TPSA) is 235 Å². The normalized spacial score (nSPS) is 21.3. The lowest BCUT2D eigenvalue weighted by Crippen LogP contribution is -2.34. The standard InChI is InChI=1S/C7H12N2O2.2H2O4S/c8-6(10)4-2-1-3-5(4)7(9)11;2*1-5(2,3)4/h4-5H,1-3H2,(H2,8,10)(H2,9,11);2*(H2,1,2,3,4). The summed E-state index contributed by atoms with van der Waals surface area (Å²) in [5.41, 5.74) is 10.2. The second-order valence-electron chi connectivity index (χ2n) is 3.84. The Morgan fingerprint density at radius 2 is 0.952 bits per heavy atom. The number of hydrogen-bond donors (Lipinski definition) is 6. The molecule has 126 valence electrons. The van der Waals surface area contributed by atoms with Crippen molar-refractivity contribution in [1.82, 2.24) is 0 Å². The molecule has 21 heavy (non-hydrogen) atoms. The van der Waals surface area contributed by atoms with E-state index in [1.54, 1.807) is 0 Å². The van der Waals surface area contributed by atoms with Crippen molar-refractivity contribution in [3.63, 3.8) is 0 Å². The van der Waals surface area contributed by atoms with Crippen molar-refractivity contribution in [2.45, 2.75) is 19.3 Å². The maximum absolute atomic E-state index is 10.7. The lowest BCUT2D eigenvalue weighted by atomic mass is 9.95. The summed E-state index contributed by atoms with van der Waals surface area (Å²) in [5.74, 6) is -1.42. The van der Waals surface area contributed by atoms with Gasteiger partial charge in [0.2, 0.25) is 11.8 Å². The van der Waals surface area contributed by atoms with Gasteiger partial charge in [-0.3, -0.25) is 27.8 Å². The van der Waals surface area contributed by atoms with Crippen molar-refractivity contribution in [3.05, 3.63) is 0 Å². The highest BCUT2D eigenvalue weighted by Crippen LogP contribution is 2.30. The van der Waals surface area contributed by atoms with Crippen molar-refractivity contribution in [2.24, 2.45) is 23.3 Å². The third-order valence-corrected chi connectivity index (χ3v) is 2.25. The Kier molecular flexibility index (Phi) is 9.26. The SMILES string of the molecule is NC(=O)C1CCCC1C(N)=O.O=S(=O)(O)O.O=S(=O)(O)O. The number of rotatable bonds is 2. The molecular formula is C7H16N2O10S2. The minimum absolute atomic E-state index is 0.313. The molecule has 2 amide bonds. The van der Waals surface area contributed by atoms with Crippen LogP contribution >= 0.6 is 0 Å². The van der Waals surface area contributed by atoms with Gasteiger partial charge >= 0.3 is 20.8 Å². The molecule has 0 spiro atoms. The highest BCUT2D eigenvalue weighted by molar-refractivity contribution is 7.80. The molecule has 0 aromatic carbocycles. The summed E-state index contributed by atoms with van der Waals surface area (Å²) in [6.07, 6.45) is 2.30. The molecule has 8 N–H and O–H groups in total. The van der Waals surface area contributed by atoms with E-state index in [0.717, 1.165) is 6.42 Å². The van der Waals surface area contributed by atoms with E-state index >= 15 is 0 Å². The largest absolute Gasteiger partial charge is 0.394 e. The Labute approximate surface area is 120 Å². The quantitative estimate of drug-likeness (QED) is 0.301. The number of primary amides is 2. The summed E-state index contributed by atoms with van der Waals surface area (Å²) in [4.78, 5) is 21.5. The summed E-state index contributed by atoms with van der Waals surface area (Å²) < 4.78 is 63.2. The predicted molar refractivity (Wildman–Crippen MR) is 67.6 cm³/mol. The van der Waals surface area contributed by atoms with Gasteiger partial charge in [-0.2, -0.15) is 16.8 Å². The minimum atomic E-state index is -4.67. The van der Waals surface area contributed by atoms with E-state index in [4.69, 9.17) is 46.5 Å². The summed E-state index contributed by atoms with van der Waals surface area (Å²) in [6.45, 7) is 0. The number of carbonyl (C=O) groups excluding carboxylic acids is 2. The second kappa shape index (κ2) is 8.85. The van der Waals surface area contributed by atoms with Crippen LogP contribution in [-0.2, 0) is 30.4 Å². The zero-order valence-electron chi connectivity index (χ0n) is 10.5. The fourth-order valence-electron chi connectivity index (χ4n) is 1.64. The van der Waals surface area contributed by atoms with E-state index in [0.29, 0.717) is 12.8 Å². The molecule has 1 fully saturated rings. The van der Waals surface area contributed by atoms with Crippen LogP contribution in [0.1, 0.15) is 19.3 Å². The maximum atomic E-state index is 10.7. The van der Waals surface area contributed by atoms with Gasteiger partial charge in [0.15, 0.2) is 0 Å². The Morgan fingerprint density at radius 1 is 0.762 bits per heavy atom. The van der Waals surface area contributed by atoms with Gasteiger partial charge in [0.1, 0.15) is 0 Å². The molecule has 14 heteroatoms. The summed E-state index contributed by atoms with van der Waals surface area (Å²) in [6, 6.07) is 0. The van der Waals surface area contributed by atoms with E-state index in [-0.39, 0.29) is 11.8 Å². The molecule has 0 saturated heterocycles. The van der Waals surface area contributed by atoms with Crippen molar-refractivity contribution < 1.29 is 44.6 Å². The highest BCUT2D eigenvalue weighted by atomic mass is 32.3. The molecule has 2 unspecified atom stereocenters. The molecule has 0 heterocycles. The maximum Gasteiger partial charge on any atom is 0.394 e. The van der Waals surface area contributed by atoms with Gasteiger partial charge in [0.25, 0.3) is 0 Å². The molecule has 0 aliphatic heterocycles. The van der Waals surface area contributed by atoms with Crippen molar-refractivity contribution in [3.8, 4) is 0 Å². The van der Waals surface area contributed by atoms with E-state index in [9.17, 15) is 9.59 Å². The van der Waals surface area contributed by atoms with Gasteiger partial charge in [-0.1, -0.05) is 6.42 Å². The molecule has 0 aromatic heterocycles. The lowest BCUT2D eigenvalue weighted by Gasteiger charge is -2.11. The molecular weight excluding hydrogens is 336 g/mol. The Bertz CT molecular complexity index is 488. The first-order chi connectivity index (χ1) is 9.13.